The highest BCUT2D eigenvalue weighted by Gasteiger charge is 2.34. The van der Waals surface area contributed by atoms with Gasteiger partial charge in [-0.1, -0.05) is 0 Å². The number of amides is 1. The normalized spacial score (nSPS) is 13.4. The number of aromatic nitrogens is 2. The van der Waals surface area contributed by atoms with Crippen LogP contribution in [0.3, 0.4) is 0 Å². The standard InChI is InChI=1S/C18H20FN3O3/c1-18(2,17(24)25-3)20-16(23)15-13-5-4-6-14(13)22(21-15)12-9-7-11(19)8-10-12/h7-10H,4-6H2,1-3H3,(H,20,23). The van der Waals surface area contributed by atoms with Gasteiger partial charge < -0.3 is 10.1 Å². The van der Waals surface area contributed by atoms with Crippen molar-refractivity contribution in [3.63, 3.8) is 0 Å². The Labute approximate surface area is 145 Å². The van der Waals surface area contributed by atoms with Gasteiger partial charge in [-0.3, -0.25) is 4.79 Å². The quantitative estimate of drug-likeness (QED) is 0.862. The van der Waals surface area contributed by atoms with Crippen LogP contribution in [-0.2, 0) is 22.4 Å². The lowest BCUT2D eigenvalue weighted by Crippen LogP contribution is -2.50. The number of hydrogen-bond acceptors (Lipinski definition) is 4. The van der Waals surface area contributed by atoms with Gasteiger partial charge in [0.15, 0.2) is 5.69 Å². The van der Waals surface area contributed by atoms with Crippen molar-refractivity contribution in [2.45, 2.75) is 38.6 Å². The Balaban J connectivity index is 1.95. The third kappa shape index (κ3) is 3.14. The number of fused-ring (bicyclic) bond motifs is 1. The van der Waals surface area contributed by atoms with Crippen molar-refractivity contribution >= 4 is 11.9 Å². The van der Waals surface area contributed by atoms with Crippen molar-refractivity contribution in [3.05, 3.63) is 47.0 Å². The molecule has 1 aromatic carbocycles. The van der Waals surface area contributed by atoms with E-state index >= 15 is 0 Å². The highest BCUT2D eigenvalue weighted by Crippen LogP contribution is 2.28. The molecule has 0 fully saturated rings. The number of hydrogen-bond donors (Lipinski definition) is 1. The summed E-state index contributed by atoms with van der Waals surface area (Å²) in [7, 11) is 1.27. The minimum absolute atomic E-state index is 0.300. The number of esters is 1. The lowest BCUT2D eigenvalue weighted by molar-refractivity contribution is -0.146. The molecule has 25 heavy (non-hydrogen) atoms. The van der Waals surface area contributed by atoms with E-state index in [4.69, 9.17) is 4.74 Å². The molecule has 1 heterocycles. The summed E-state index contributed by atoms with van der Waals surface area (Å²) in [5.74, 6) is -1.28. The molecule has 1 N–H and O–H groups in total. The molecule has 0 unspecified atom stereocenters. The third-order valence-corrected chi connectivity index (χ3v) is 4.34. The van der Waals surface area contributed by atoms with Crippen LogP contribution in [0, 0.1) is 5.82 Å². The molecule has 0 saturated heterocycles. The van der Waals surface area contributed by atoms with Crippen LogP contribution in [0.2, 0.25) is 0 Å². The first-order chi connectivity index (χ1) is 11.8. The molecule has 3 rings (SSSR count). The summed E-state index contributed by atoms with van der Waals surface area (Å²) in [6.07, 6.45) is 2.47. The second-order valence-electron chi connectivity index (χ2n) is 6.59. The number of nitrogens with one attached hydrogen (secondary N) is 1. The van der Waals surface area contributed by atoms with Gasteiger partial charge >= 0.3 is 5.97 Å². The summed E-state index contributed by atoms with van der Waals surface area (Å²) < 4.78 is 19.6. The highest BCUT2D eigenvalue weighted by molar-refractivity contribution is 5.98. The Hall–Kier alpha value is -2.70. The van der Waals surface area contributed by atoms with Gasteiger partial charge in [0.25, 0.3) is 5.91 Å². The number of halogens is 1. The van der Waals surface area contributed by atoms with Crippen LogP contribution in [0.5, 0.6) is 0 Å². The van der Waals surface area contributed by atoms with Crippen LogP contribution in [0.25, 0.3) is 5.69 Å². The summed E-state index contributed by atoms with van der Waals surface area (Å²) in [5.41, 5.74) is 1.67. The highest BCUT2D eigenvalue weighted by atomic mass is 19.1. The molecule has 0 spiro atoms. The van der Waals surface area contributed by atoms with Crippen molar-refractivity contribution in [3.8, 4) is 5.69 Å². The van der Waals surface area contributed by atoms with Gasteiger partial charge in [0.1, 0.15) is 11.4 Å². The van der Waals surface area contributed by atoms with Crippen LogP contribution in [0.4, 0.5) is 4.39 Å². The topological polar surface area (TPSA) is 73.2 Å². The second-order valence-corrected chi connectivity index (χ2v) is 6.59. The van der Waals surface area contributed by atoms with E-state index in [9.17, 15) is 14.0 Å². The van der Waals surface area contributed by atoms with Crippen LogP contribution < -0.4 is 5.32 Å². The van der Waals surface area contributed by atoms with Gasteiger partial charge in [0.2, 0.25) is 0 Å². The molecule has 1 aliphatic carbocycles. The lowest BCUT2D eigenvalue weighted by atomic mass is 10.1. The van der Waals surface area contributed by atoms with E-state index in [1.165, 1.54) is 19.2 Å². The number of ether oxygens (including phenoxy) is 1. The summed E-state index contributed by atoms with van der Waals surface area (Å²) in [5, 5.41) is 7.11. The maximum absolute atomic E-state index is 13.2. The van der Waals surface area contributed by atoms with E-state index in [2.05, 4.69) is 10.4 Å². The van der Waals surface area contributed by atoms with Gasteiger partial charge in [-0.05, 0) is 57.4 Å². The number of rotatable bonds is 4. The number of nitrogens with zero attached hydrogens (tertiary/aromatic N) is 2. The number of benzene rings is 1. The minimum atomic E-state index is -1.16. The first-order valence-corrected chi connectivity index (χ1v) is 8.11. The van der Waals surface area contributed by atoms with Crippen molar-refractivity contribution in [1.29, 1.82) is 0 Å². The zero-order valence-corrected chi connectivity index (χ0v) is 14.4. The van der Waals surface area contributed by atoms with Crippen molar-refractivity contribution in [2.24, 2.45) is 0 Å². The molecule has 0 atom stereocenters. The Morgan fingerprint density at radius 1 is 1.24 bits per heavy atom. The largest absolute Gasteiger partial charge is 0.467 e. The fraction of sp³-hybridized carbons (Fsp3) is 0.389. The molecule has 1 amide bonds. The van der Waals surface area contributed by atoms with Crippen molar-refractivity contribution in [1.82, 2.24) is 15.1 Å². The molecule has 2 aromatic rings. The molecule has 132 valence electrons. The summed E-state index contributed by atoms with van der Waals surface area (Å²) in [4.78, 5) is 24.5. The van der Waals surface area contributed by atoms with Crippen LogP contribution in [0.15, 0.2) is 24.3 Å². The average molecular weight is 345 g/mol. The third-order valence-electron chi connectivity index (χ3n) is 4.34. The number of methoxy groups -OCH3 is 1. The summed E-state index contributed by atoms with van der Waals surface area (Å²) >= 11 is 0. The lowest BCUT2D eigenvalue weighted by Gasteiger charge is -2.22. The molecular weight excluding hydrogens is 325 g/mol. The fourth-order valence-corrected chi connectivity index (χ4v) is 3.06. The maximum atomic E-state index is 13.2. The van der Waals surface area contributed by atoms with E-state index in [0.29, 0.717) is 11.4 Å². The molecule has 1 aromatic heterocycles. The number of carbonyl (C=O) groups is 2. The monoisotopic (exact) mass is 345 g/mol. The molecule has 0 aliphatic heterocycles. The van der Waals surface area contributed by atoms with Crippen LogP contribution in [-0.4, -0.2) is 34.3 Å². The Morgan fingerprint density at radius 3 is 2.56 bits per heavy atom. The van der Waals surface area contributed by atoms with E-state index in [0.717, 1.165) is 30.5 Å². The maximum Gasteiger partial charge on any atom is 0.330 e. The average Bonchev–Trinajstić information content (AvgIpc) is 3.16. The van der Waals surface area contributed by atoms with Gasteiger partial charge in [-0.15, -0.1) is 0 Å². The van der Waals surface area contributed by atoms with E-state index in [1.54, 1.807) is 30.7 Å². The first kappa shape index (κ1) is 17.1. The van der Waals surface area contributed by atoms with Gasteiger partial charge in [-0.25, -0.2) is 13.9 Å². The Bertz CT molecular complexity index is 825. The molecular formula is C18H20FN3O3. The van der Waals surface area contributed by atoms with E-state index in [1.807, 2.05) is 0 Å². The second kappa shape index (κ2) is 6.31. The van der Waals surface area contributed by atoms with E-state index in [-0.39, 0.29) is 5.82 Å². The first-order valence-electron chi connectivity index (χ1n) is 8.11. The fourth-order valence-electron chi connectivity index (χ4n) is 3.06. The van der Waals surface area contributed by atoms with E-state index < -0.39 is 17.4 Å². The predicted molar refractivity (Wildman–Crippen MR) is 89.1 cm³/mol. The smallest absolute Gasteiger partial charge is 0.330 e. The van der Waals surface area contributed by atoms with Gasteiger partial charge in [-0.2, -0.15) is 5.10 Å². The minimum Gasteiger partial charge on any atom is -0.467 e. The van der Waals surface area contributed by atoms with Crippen molar-refractivity contribution in [2.75, 3.05) is 7.11 Å². The van der Waals surface area contributed by atoms with Crippen LogP contribution in [0.1, 0.15) is 42.0 Å². The molecule has 1 aliphatic rings. The molecule has 0 bridgehead atoms. The van der Waals surface area contributed by atoms with Gasteiger partial charge in [0, 0.05) is 11.3 Å². The van der Waals surface area contributed by atoms with Crippen LogP contribution >= 0.6 is 0 Å². The predicted octanol–water partition coefficient (Wildman–Crippen LogP) is 2.18. The summed E-state index contributed by atoms with van der Waals surface area (Å²) in [6.45, 7) is 3.15. The Kier molecular flexibility index (Phi) is 4.32. The van der Waals surface area contributed by atoms with Crippen molar-refractivity contribution < 1.29 is 18.7 Å². The number of carbonyl (C=O) groups excluding carboxylic acids is 2. The summed E-state index contributed by atoms with van der Waals surface area (Å²) in [6, 6.07) is 5.97. The molecule has 7 heteroatoms. The van der Waals surface area contributed by atoms with Gasteiger partial charge in [0.05, 0.1) is 12.8 Å². The SMILES string of the molecule is COC(=O)C(C)(C)NC(=O)c1nn(-c2ccc(F)cc2)c2c1CCC2. The molecule has 0 radical (unpaired) electrons. The zero-order chi connectivity index (χ0) is 18.2. The zero-order valence-electron chi connectivity index (χ0n) is 14.4. The Morgan fingerprint density at radius 2 is 1.92 bits per heavy atom. The molecule has 0 saturated carbocycles. The molecule has 6 nitrogen and oxygen atoms in total.